The zero-order valence-corrected chi connectivity index (χ0v) is 12.7. The molecule has 5 nitrogen and oxygen atoms in total. The smallest absolute Gasteiger partial charge is 0.251 e. The molecule has 0 bridgehead atoms. The van der Waals surface area contributed by atoms with E-state index in [2.05, 4.69) is 5.32 Å². The Bertz CT molecular complexity index is 471. The van der Waals surface area contributed by atoms with Crippen molar-refractivity contribution >= 4 is 5.91 Å². The minimum atomic E-state index is -0.113. The highest BCUT2D eigenvalue weighted by molar-refractivity contribution is 5.94. The molecule has 0 saturated heterocycles. The summed E-state index contributed by atoms with van der Waals surface area (Å²) in [6, 6.07) is 5.13. The van der Waals surface area contributed by atoms with Crippen molar-refractivity contribution in [3.05, 3.63) is 23.8 Å². The second-order valence-electron chi connectivity index (χ2n) is 5.20. The quantitative estimate of drug-likeness (QED) is 0.710. The van der Waals surface area contributed by atoms with Crippen molar-refractivity contribution in [2.24, 2.45) is 5.92 Å². The summed E-state index contributed by atoms with van der Waals surface area (Å²) >= 11 is 0. The van der Waals surface area contributed by atoms with Gasteiger partial charge in [0.15, 0.2) is 11.5 Å². The summed E-state index contributed by atoms with van der Waals surface area (Å²) in [6.07, 6.45) is 3.43. The highest BCUT2D eigenvalue weighted by Crippen LogP contribution is 2.29. The van der Waals surface area contributed by atoms with Crippen molar-refractivity contribution < 1.29 is 19.0 Å². The molecule has 5 heteroatoms. The second kappa shape index (κ2) is 7.88. The van der Waals surface area contributed by atoms with Gasteiger partial charge in [0.05, 0.1) is 14.2 Å². The molecule has 1 N–H and O–H groups in total. The maximum Gasteiger partial charge on any atom is 0.251 e. The van der Waals surface area contributed by atoms with Gasteiger partial charge in [0, 0.05) is 25.3 Å². The van der Waals surface area contributed by atoms with Crippen LogP contribution < -0.4 is 14.8 Å². The van der Waals surface area contributed by atoms with E-state index in [0.717, 1.165) is 18.9 Å². The fraction of sp³-hybridized carbons (Fsp3) is 0.562. The molecule has 0 aliphatic heterocycles. The van der Waals surface area contributed by atoms with Crippen LogP contribution in [0, 0.1) is 5.92 Å². The van der Waals surface area contributed by atoms with Crippen LogP contribution in [0.1, 0.15) is 29.6 Å². The summed E-state index contributed by atoms with van der Waals surface area (Å²) in [7, 11) is 3.12. The lowest BCUT2D eigenvalue weighted by molar-refractivity contribution is 0.0937. The van der Waals surface area contributed by atoms with E-state index in [-0.39, 0.29) is 5.91 Å². The van der Waals surface area contributed by atoms with Gasteiger partial charge in [0.25, 0.3) is 5.91 Å². The first kappa shape index (κ1) is 15.6. The molecule has 116 valence electrons. The maximum atomic E-state index is 12.0. The SMILES string of the molecule is COc1ccc(C(=O)NCCCOCC2CC2)cc1OC. The van der Waals surface area contributed by atoms with Crippen molar-refractivity contribution in [3.8, 4) is 11.5 Å². The maximum absolute atomic E-state index is 12.0. The molecule has 1 aliphatic carbocycles. The lowest BCUT2D eigenvalue weighted by atomic mass is 10.2. The van der Waals surface area contributed by atoms with E-state index >= 15 is 0 Å². The molecule has 1 aromatic carbocycles. The summed E-state index contributed by atoms with van der Waals surface area (Å²) in [5, 5.41) is 2.88. The Balaban J connectivity index is 1.71. The normalized spacial score (nSPS) is 13.8. The molecule has 1 aromatic rings. The van der Waals surface area contributed by atoms with Crippen LogP contribution in [0.3, 0.4) is 0 Å². The van der Waals surface area contributed by atoms with Crippen molar-refractivity contribution in [3.63, 3.8) is 0 Å². The van der Waals surface area contributed by atoms with Crippen LogP contribution in [-0.4, -0.2) is 39.9 Å². The zero-order chi connectivity index (χ0) is 15.1. The summed E-state index contributed by atoms with van der Waals surface area (Å²) in [4.78, 5) is 12.0. The van der Waals surface area contributed by atoms with Gasteiger partial charge in [-0.1, -0.05) is 0 Å². The van der Waals surface area contributed by atoms with Crippen molar-refractivity contribution in [2.75, 3.05) is 34.0 Å². The molecular weight excluding hydrogens is 270 g/mol. The van der Waals surface area contributed by atoms with Crippen LogP contribution in [0.5, 0.6) is 11.5 Å². The number of amides is 1. The largest absolute Gasteiger partial charge is 0.493 e. The van der Waals surface area contributed by atoms with Crippen LogP contribution in [0.4, 0.5) is 0 Å². The van der Waals surface area contributed by atoms with E-state index in [4.69, 9.17) is 14.2 Å². The third kappa shape index (κ3) is 4.93. The Hall–Kier alpha value is -1.75. The predicted octanol–water partition coefficient (Wildman–Crippen LogP) is 2.25. The fourth-order valence-electron chi connectivity index (χ4n) is 1.99. The molecular formula is C16H23NO4. The molecule has 0 heterocycles. The van der Waals surface area contributed by atoms with Crippen LogP contribution in [0.15, 0.2) is 18.2 Å². The average Bonchev–Trinajstić information content (AvgIpc) is 3.33. The molecule has 1 amide bonds. The molecule has 0 aromatic heterocycles. The van der Waals surface area contributed by atoms with Gasteiger partial charge < -0.3 is 19.5 Å². The van der Waals surface area contributed by atoms with Crippen LogP contribution in [0.25, 0.3) is 0 Å². The van der Waals surface area contributed by atoms with Gasteiger partial charge in [0.1, 0.15) is 0 Å². The topological polar surface area (TPSA) is 56.8 Å². The van der Waals surface area contributed by atoms with Gasteiger partial charge >= 0.3 is 0 Å². The summed E-state index contributed by atoms with van der Waals surface area (Å²) in [6.45, 7) is 2.17. The van der Waals surface area contributed by atoms with E-state index in [1.54, 1.807) is 32.4 Å². The monoisotopic (exact) mass is 293 g/mol. The minimum absolute atomic E-state index is 0.113. The van der Waals surface area contributed by atoms with E-state index in [0.29, 0.717) is 30.2 Å². The van der Waals surface area contributed by atoms with Gasteiger partial charge in [-0.05, 0) is 43.4 Å². The molecule has 2 rings (SSSR count). The number of methoxy groups -OCH3 is 2. The van der Waals surface area contributed by atoms with Crippen LogP contribution >= 0.6 is 0 Å². The summed E-state index contributed by atoms with van der Waals surface area (Å²) in [5.74, 6) is 1.84. The van der Waals surface area contributed by atoms with E-state index in [1.165, 1.54) is 12.8 Å². The standard InChI is InChI=1S/C16H23NO4/c1-19-14-7-6-13(10-15(14)20-2)16(18)17-8-3-9-21-11-12-4-5-12/h6-7,10,12H,3-5,8-9,11H2,1-2H3,(H,17,18). The Kier molecular flexibility index (Phi) is 5.87. The van der Waals surface area contributed by atoms with Gasteiger partial charge in [-0.2, -0.15) is 0 Å². The second-order valence-corrected chi connectivity index (χ2v) is 5.20. The van der Waals surface area contributed by atoms with Crippen LogP contribution in [0.2, 0.25) is 0 Å². The molecule has 21 heavy (non-hydrogen) atoms. The predicted molar refractivity (Wildman–Crippen MR) is 80.0 cm³/mol. The Morgan fingerprint density at radius 2 is 2.00 bits per heavy atom. The third-order valence-electron chi connectivity index (χ3n) is 3.45. The average molecular weight is 293 g/mol. The van der Waals surface area contributed by atoms with Gasteiger partial charge in [-0.3, -0.25) is 4.79 Å². The van der Waals surface area contributed by atoms with Gasteiger partial charge in [-0.25, -0.2) is 0 Å². The van der Waals surface area contributed by atoms with E-state index < -0.39 is 0 Å². The molecule has 1 fully saturated rings. The zero-order valence-electron chi connectivity index (χ0n) is 12.7. The summed E-state index contributed by atoms with van der Waals surface area (Å²) in [5.41, 5.74) is 0.562. The summed E-state index contributed by atoms with van der Waals surface area (Å²) < 4.78 is 15.9. The van der Waals surface area contributed by atoms with E-state index in [1.807, 2.05) is 0 Å². The van der Waals surface area contributed by atoms with Crippen molar-refractivity contribution in [1.29, 1.82) is 0 Å². The lowest BCUT2D eigenvalue weighted by Crippen LogP contribution is -2.25. The van der Waals surface area contributed by atoms with Crippen LogP contribution in [-0.2, 0) is 4.74 Å². The molecule has 0 radical (unpaired) electrons. The first-order valence-corrected chi connectivity index (χ1v) is 7.32. The first-order valence-electron chi connectivity index (χ1n) is 7.32. The highest BCUT2D eigenvalue weighted by Gasteiger charge is 2.20. The Morgan fingerprint density at radius 3 is 2.67 bits per heavy atom. The highest BCUT2D eigenvalue weighted by atomic mass is 16.5. The number of hydrogen-bond acceptors (Lipinski definition) is 4. The van der Waals surface area contributed by atoms with Crippen molar-refractivity contribution in [1.82, 2.24) is 5.32 Å². The molecule has 0 atom stereocenters. The number of ether oxygens (including phenoxy) is 3. The number of benzene rings is 1. The Labute approximate surface area is 125 Å². The van der Waals surface area contributed by atoms with E-state index in [9.17, 15) is 4.79 Å². The molecule has 1 aliphatic rings. The first-order chi connectivity index (χ1) is 10.2. The fourth-order valence-corrected chi connectivity index (χ4v) is 1.99. The number of hydrogen-bond donors (Lipinski definition) is 1. The lowest BCUT2D eigenvalue weighted by Gasteiger charge is -2.10. The molecule has 1 saturated carbocycles. The number of rotatable bonds is 9. The minimum Gasteiger partial charge on any atom is -0.493 e. The van der Waals surface area contributed by atoms with Gasteiger partial charge in [0.2, 0.25) is 0 Å². The van der Waals surface area contributed by atoms with Gasteiger partial charge in [-0.15, -0.1) is 0 Å². The van der Waals surface area contributed by atoms with Crippen molar-refractivity contribution in [2.45, 2.75) is 19.3 Å². The molecule has 0 spiro atoms. The Morgan fingerprint density at radius 1 is 1.24 bits per heavy atom. The molecule has 0 unspecified atom stereocenters. The number of nitrogens with one attached hydrogen (secondary N) is 1. The number of carbonyl (C=O) groups is 1. The third-order valence-corrected chi connectivity index (χ3v) is 3.45. The number of carbonyl (C=O) groups excluding carboxylic acids is 1.